The Balaban J connectivity index is 3.98. The number of aliphatic carboxylic acids is 1. The topological polar surface area (TPSA) is 111 Å². The number of unbranched alkanes of at least 4 members (excludes halogenated alkanes) is 27. The first-order chi connectivity index (χ1) is 33.6. The summed E-state index contributed by atoms with van der Waals surface area (Å²) in [6.07, 6.45) is 61.6. The molecule has 0 spiro atoms. The van der Waals surface area contributed by atoms with Crippen LogP contribution in [-0.4, -0.2) is 82.3 Å². The van der Waals surface area contributed by atoms with Crippen molar-refractivity contribution in [3.8, 4) is 0 Å². The molecule has 0 aromatic carbocycles. The quantitative estimate of drug-likeness (QED) is 0.0195. The van der Waals surface area contributed by atoms with E-state index in [4.69, 9.17) is 18.9 Å². The normalized spacial score (nSPS) is 13.2. The first-order valence-corrected chi connectivity index (χ1v) is 28.4. The second-order valence-electron chi connectivity index (χ2n) is 20.2. The van der Waals surface area contributed by atoms with E-state index in [1.165, 1.54) is 148 Å². The molecule has 0 aliphatic rings. The fraction of sp³-hybridized carbons (Fsp3) is 0.783. The minimum Gasteiger partial charge on any atom is -0.545 e. The van der Waals surface area contributed by atoms with Gasteiger partial charge >= 0.3 is 11.9 Å². The Bertz CT molecular complexity index is 1310. The van der Waals surface area contributed by atoms with Crippen LogP contribution in [0, 0.1) is 0 Å². The molecular formula is C60H107NO8. The van der Waals surface area contributed by atoms with Crippen LogP contribution >= 0.6 is 0 Å². The van der Waals surface area contributed by atoms with Crippen LogP contribution in [0.3, 0.4) is 0 Å². The largest absolute Gasteiger partial charge is 0.545 e. The van der Waals surface area contributed by atoms with E-state index in [2.05, 4.69) is 74.6 Å². The van der Waals surface area contributed by atoms with Crippen molar-refractivity contribution < 1.29 is 42.9 Å². The third-order valence-electron chi connectivity index (χ3n) is 12.3. The molecule has 0 aromatic rings. The number of carbonyl (C=O) groups excluding carboxylic acids is 3. The molecule has 0 N–H and O–H groups in total. The maximum absolute atomic E-state index is 12.8. The summed E-state index contributed by atoms with van der Waals surface area (Å²) >= 11 is 0. The molecule has 0 saturated heterocycles. The van der Waals surface area contributed by atoms with Crippen LogP contribution in [0.2, 0.25) is 0 Å². The zero-order valence-electron chi connectivity index (χ0n) is 45.4. The van der Waals surface area contributed by atoms with Gasteiger partial charge in [0.2, 0.25) is 0 Å². The number of carbonyl (C=O) groups is 3. The van der Waals surface area contributed by atoms with Gasteiger partial charge in [-0.05, 0) is 57.8 Å². The van der Waals surface area contributed by atoms with E-state index < -0.39 is 24.3 Å². The van der Waals surface area contributed by atoms with Crippen LogP contribution in [0.15, 0.2) is 60.8 Å². The van der Waals surface area contributed by atoms with Crippen molar-refractivity contribution >= 4 is 17.9 Å². The number of carboxylic acids is 1. The predicted octanol–water partition coefficient (Wildman–Crippen LogP) is 15.1. The molecule has 0 aliphatic heterocycles. The monoisotopic (exact) mass is 970 g/mol. The molecule has 0 radical (unpaired) electrons. The van der Waals surface area contributed by atoms with Crippen LogP contribution in [0.25, 0.3) is 0 Å². The maximum Gasteiger partial charge on any atom is 0.306 e. The van der Waals surface area contributed by atoms with Gasteiger partial charge in [0.25, 0.3) is 0 Å². The summed E-state index contributed by atoms with van der Waals surface area (Å²) in [4.78, 5) is 37.0. The highest BCUT2D eigenvalue weighted by molar-refractivity contribution is 5.70. The average Bonchev–Trinajstić information content (AvgIpc) is 3.31. The van der Waals surface area contributed by atoms with Gasteiger partial charge in [0.05, 0.1) is 40.3 Å². The van der Waals surface area contributed by atoms with E-state index in [1.54, 1.807) is 0 Å². The summed E-state index contributed by atoms with van der Waals surface area (Å²) in [6.45, 7) is 4.62. The molecule has 400 valence electrons. The zero-order chi connectivity index (χ0) is 50.6. The van der Waals surface area contributed by atoms with Crippen LogP contribution < -0.4 is 5.11 Å². The van der Waals surface area contributed by atoms with Gasteiger partial charge in [-0.1, -0.05) is 235 Å². The standard InChI is InChI=1S/C60H107NO8/c1-6-8-10-12-14-16-17-18-19-20-21-22-23-24-25-26-27-28-29-30-31-32-33-34-35-36-37-38-39-40-41-43-45-47-49-51-58(63)69-56(55-68-60(59(64)65)66-53-52-61(3,4)5)54-67-57(62)50-48-46-44-42-15-13-11-9-7-2/h8,10,14,16,18-19,21-22,24-25,56,60H,6-7,9,11-13,15,17,20,23,26-55H2,1-5H3/b10-8-,16-14-,19-18-,22-21-,25-24-. The molecule has 0 bridgehead atoms. The predicted molar refractivity (Wildman–Crippen MR) is 288 cm³/mol. The minimum absolute atomic E-state index is 0.149. The Kier molecular flexibility index (Phi) is 49.1. The second kappa shape index (κ2) is 51.3. The summed E-state index contributed by atoms with van der Waals surface area (Å²) < 4.78 is 22.6. The number of likely N-dealkylation sites (N-methyl/N-ethyl adjacent to an activating group) is 1. The molecule has 2 atom stereocenters. The Labute approximate surface area is 425 Å². The van der Waals surface area contributed by atoms with E-state index in [1.807, 2.05) is 21.1 Å². The number of esters is 2. The van der Waals surface area contributed by atoms with Crippen molar-refractivity contribution in [3.05, 3.63) is 60.8 Å². The second-order valence-corrected chi connectivity index (χ2v) is 20.2. The third-order valence-corrected chi connectivity index (χ3v) is 12.3. The fourth-order valence-corrected chi connectivity index (χ4v) is 7.92. The summed E-state index contributed by atoms with van der Waals surface area (Å²) in [6, 6.07) is 0. The van der Waals surface area contributed by atoms with Gasteiger partial charge in [-0.25, -0.2) is 0 Å². The van der Waals surface area contributed by atoms with Crippen LogP contribution in [-0.2, 0) is 33.3 Å². The average molecular weight is 971 g/mol. The number of hydrogen-bond acceptors (Lipinski definition) is 8. The third kappa shape index (κ3) is 52.6. The van der Waals surface area contributed by atoms with E-state index in [-0.39, 0.29) is 32.2 Å². The molecule has 0 aromatic heterocycles. The Morgan fingerprint density at radius 3 is 1.23 bits per heavy atom. The first kappa shape index (κ1) is 66.0. The van der Waals surface area contributed by atoms with Gasteiger partial charge in [0, 0.05) is 12.8 Å². The number of nitrogens with zero attached hydrogens (tertiary/aromatic N) is 1. The molecule has 0 saturated carbocycles. The molecule has 9 heteroatoms. The molecule has 0 fully saturated rings. The molecule has 2 unspecified atom stereocenters. The molecule has 0 heterocycles. The van der Waals surface area contributed by atoms with Crippen LogP contribution in [0.4, 0.5) is 0 Å². The lowest BCUT2D eigenvalue weighted by molar-refractivity contribution is -0.870. The van der Waals surface area contributed by atoms with Crippen molar-refractivity contribution in [2.75, 3.05) is 47.5 Å². The highest BCUT2D eigenvalue weighted by Gasteiger charge is 2.22. The molecule has 0 aliphatic carbocycles. The minimum atomic E-state index is -1.62. The number of rotatable bonds is 52. The zero-order valence-corrected chi connectivity index (χ0v) is 45.4. The number of hydrogen-bond donors (Lipinski definition) is 0. The van der Waals surface area contributed by atoms with E-state index in [0.29, 0.717) is 23.9 Å². The number of ether oxygens (including phenoxy) is 4. The van der Waals surface area contributed by atoms with E-state index in [0.717, 1.165) is 64.2 Å². The van der Waals surface area contributed by atoms with Gasteiger partial charge in [-0.3, -0.25) is 9.59 Å². The maximum atomic E-state index is 12.8. The Hall–Kier alpha value is -3.01. The van der Waals surface area contributed by atoms with Gasteiger partial charge in [0.1, 0.15) is 13.2 Å². The number of carboxylic acid groups (broad SMARTS) is 1. The molecular weight excluding hydrogens is 863 g/mol. The van der Waals surface area contributed by atoms with Gasteiger partial charge < -0.3 is 33.3 Å². The van der Waals surface area contributed by atoms with E-state index >= 15 is 0 Å². The van der Waals surface area contributed by atoms with Gasteiger partial charge in [-0.15, -0.1) is 0 Å². The fourth-order valence-electron chi connectivity index (χ4n) is 7.92. The lowest BCUT2D eigenvalue weighted by atomic mass is 10.0. The van der Waals surface area contributed by atoms with Crippen molar-refractivity contribution in [1.82, 2.24) is 0 Å². The lowest BCUT2D eigenvalue weighted by Crippen LogP contribution is -2.44. The van der Waals surface area contributed by atoms with Crippen LogP contribution in [0.1, 0.15) is 245 Å². The smallest absolute Gasteiger partial charge is 0.306 e. The van der Waals surface area contributed by atoms with Crippen molar-refractivity contribution in [2.45, 2.75) is 257 Å². The van der Waals surface area contributed by atoms with Crippen molar-refractivity contribution in [3.63, 3.8) is 0 Å². The Morgan fingerprint density at radius 1 is 0.449 bits per heavy atom. The summed E-state index contributed by atoms with van der Waals surface area (Å²) in [5, 5.41) is 11.7. The lowest BCUT2D eigenvalue weighted by Gasteiger charge is -2.26. The van der Waals surface area contributed by atoms with Gasteiger partial charge in [-0.2, -0.15) is 0 Å². The Morgan fingerprint density at radius 2 is 0.826 bits per heavy atom. The summed E-state index contributed by atoms with van der Waals surface area (Å²) in [7, 11) is 5.92. The molecule has 0 rings (SSSR count). The molecule has 69 heavy (non-hydrogen) atoms. The summed E-state index contributed by atoms with van der Waals surface area (Å²) in [5.74, 6) is -2.28. The van der Waals surface area contributed by atoms with E-state index in [9.17, 15) is 19.5 Å². The highest BCUT2D eigenvalue weighted by atomic mass is 16.7. The summed E-state index contributed by atoms with van der Waals surface area (Å²) in [5.41, 5.74) is 0. The number of quaternary nitrogens is 1. The van der Waals surface area contributed by atoms with Crippen molar-refractivity contribution in [1.29, 1.82) is 0 Å². The molecule has 0 amide bonds. The first-order valence-electron chi connectivity index (χ1n) is 28.4. The van der Waals surface area contributed by atoms with Crippen LogP contribution in [0.5, 0.6) is 0 Å². The van der Waals surface area contributed by atoms with Gasteiger partial charge in [0.15, 0.2) is 12.4 Å². The highest BCUT2D eigenvalue weighted by Crippen LogP contribution is 2.16. The molecule has 9 nitrogen and oxygen atoms in total. The van der Waals surface area contributed by atoms with Crippen molar-refractivity contribution in [2.24, 2.45) is 0 Å². The number of allylic oxidation sites excluding steroid dienone is 10. The SMILES string of the molecule is CC/C=C\C/C=C\C/C=C\C/C=C\C/C=C\CCCCCCCCCCCCCCCCCCCCCC(=O)OC(COC(=O)CCCCCCCCCCC)COC(OCC[N+](C)(C)C)C(=O)[O-].